The number of methoxy groups -OCH3 is 2. The molecule has 210 valence electrons. The Morgan fingerprint density at radius 3 is 2.65 bits per heavy atom. The molecule has 1 N–H and O–H groups in total. The van der Waals surface area contributed by atoms with Crippen LogP contribution in [0.1, 0.15) is 43.4 Å². The van der Waals surface area contributed by atoms with E-state index in [-0.39, 0.29) is 25.0 Å². The van der Waals surface area contributed by atoms with Crippen LogP contribution in [0.3, 0.4) is 0 Å². The van der Waals surface area contributed by atoms with Gasteiger partial charge in [-0.25, -0.2) is 9.79 Å². The molecule has 0 saturated carbocycles. The van der Waals surface area contributed by atoms with Crippen LogP contribution in [0, 0.1) is 0 Å². The van der Waals surface area contributed by atoms with Crippen LogP contribution >= 0.6 is 11.8 Å². The number of allylic oxidation sites excluding steroid dienone is 1. The van der Waals surface area contributed by atoms with Crippen molar-refractivity contribution >= 4 is 28.8 Å². The number of nitrogens with zero attached hydrogens (tertiary/aromatic N) is 2. The molecule has 2 aromatic rings. The molecule has 3 aliphatic rings. The molecular weight excluding hydrogens is 530 g/mol. The highest BCUT2D eigenvalue weighted by Gasteiger charge is 2.41. The number of carbonyl (C=O) groups excluding carboxylic acids is 2. The van der Waals surface area contributed by atoms with Crippen molar-refractivity contribution in [3.8, 4) is 11.5 Å². The maximum Gasteiger partial charge on any atom is 0.338 e. The van der Waals surface area contributed by atoms with Crippen molar-refractivity contribution in [1.82, 2.24) is 10.2 Å². The molecule has 0 radical (unpaired) electrons. The minimum atomic E-state index is -0.581. The van der Waals surface area contributed by atoms with Crippen LogP contribution in [0.4, 0.5) is 0 Å². The second kappa shape index (κ2) is 12.6. The lowest BCUT2D eigenvalue weighted by Gasteiger charge is -2.36. The quantitative estimate of drug-likeness (QED) is 0.415. The number of rotatable bonds is 10. The van der Waals surface area contributed by atoms with Crippen LogP contribution < -0.4 is 14.8 Å². The zero-order valence-corrected chi connectivity index (χ0v) is 23.7. The molecule has 2 unspecified atom stereocenters. The highest BCUT2D eigenvalue weighted by Crippen LogP contribution is 2.46. The van der Waals surface area contributed by atoms with Crippen molar-refractivity contribution in [1.29, 1.82) is 0 Å². The second-order valence-electron chi connectivity index (χ2n) is 9.69. The van der Waals surface area contributed by atoms with E-state index in [1.807, 2.05) is 65.8 Å². The summed E-state index contributed by atoms with van der Waals surface area (Å²) in [6.07, 6.45) is 2.15. The van der Waals surface area contributed by atoms with Gasteiger partial charge in [0.15, 0.2) is 16.7 Å². The van der Waals surface area contributed by atoms with Gasteiger partial charge < -0.3 is 29.2 Å². The summed E-state index contributed by atoms with van der Waals surface area (Å²) in [7, 11) is 3.15. The van der Waals surface area contributed by atoms with Gasteiger partial charge in [0.1, 0.15) is 6.61 Å². The van der Waals surface area contributed by atoms with Crippen molar-refractivity contribution in [3.63, 3.8) is 0 Å². The smallest absolute Gasteiger partial charge is 0.338 e. The van der Waals surface area contributed by atoms with Crippen molar-refractivity contribution in [2.75, 3.05) is 27.4 Å². The number of benzene rings is 2. The third-order valence-corrected chi connectivity index (χ3v) is 7.94. The van der Waals surface area contributed by atoms with E-state index in [0.717, 1.165) is 36.3 Å². The second-order valence-corrected chi connectivity index (χ2v) is 10.5. The Kier molecular flexibility index (Phi) is 8.76. The van der Waals surface area contributed by atoms with E-state index in [2.05, 4.69) is 5.32 Å². The van der Waals surface area contributed by atoms with Gasteiger partial charge in [0, 0.05) is 18.8 Å². The van der Waals surface area contributed by atoms with E-state index < -0.39 is 12.0 Å². The normalized spacial score (nSPS) is 20.0. The van der Waals surface area contributed by atoms with Crippen molar-refractivity contribution in [3.05, 3.63) is 82.0 Å². The van der Waals surface area contributed by atoms with Gasteiger partial charge in [0.05, 0.1) is 44.1 Å². The molecule has 9 nitrogen and oxygen atoms in total. The Morgan fingerprint density at radius 1 is 1.12 bits per heavy atom. The van der Waals surface area contributed by atoms with Gasteiger partial charge in [-0.2, -0.15) is 0 Å². The summed E-state index contributed by atoms with van der Waals surface area (Å²) >= 11 is 1.43. The molecule has 3 heterocycles. The Hall–Kier alpha value is -3.76. The predicted octanol–water partition coefficient (Wildman–Crippen LogP) is 4.71. The summed E-state index contributed by atoms with van der Waals surface area (Å²) in [6.45, 7) is 3.16. The third-order valence-electron chi connectivity index (χ3n) is 7.05. The highest BCUT2D eigenvalue weighted by atomic mass is 32.2. The first kappa shape index (κ1) is 27.8. The lowest BCUT2D eigenvalue weighted by atomic mass is 9.93. The van der Waals surface area contributed by atoms with E-state index in [9.17, 15) is 9.59 Å². The summed E-state index contributed by atoms with van der Waals surface area (Å²) in [6, 6.07) is 14.5. The lowest BCUT2D eigenvalue weighted by Crippen LogP contribution is -2.38. The molecule has 0 spiro atoms. The molecule has 1 fully saturated rings. The first-order valence-corrected chi connectivity index (χ1v) is 14.1. The molecule has 1 saturated heterocycles. The number of fused-ring (bicyclic) bond motifs is 1. The standard InChI is InChI=1S/C30H33N3O6S/c1-19-27(29(35)39-17-20-8-5-4-6-9-20)28(21-11-12-24(36-2)25(14-21)37-3)33-22(18-40-30(33)32-19)15-26(34)31-16-23-10-7-13-38-23/h4-6,8-9,11-12,14,18,23,28H,7,10,13,15-17H2,1-3H3,(H,31,34). The molecule has 1 amide bonds. The number of amides is 1. The molecule has 2 aromatic carbocycles. The van der Waals surface area contributed by atoms with Crippen LogP contribution in [0.25, 0.3) is 0 Å². The summed E-state index contributed by atoms with van der Waals surface area (Å²) in [5.74, 6) is 0.521. The molecule has 3 aliphatic heterocycles. The number of esters is 1. The Morgan fingerprint density at radius 2 is 1.93 bits per heavy atom. The number of amidine groups is 1. The molecular formula is C30H33N3O6S. The first-order valence-electron chi connectivity index (χ1n) is 13.2. The van der Waals surface area contributed by atoms with Gasteiger partial charge >= 0.3 is 5.97 Å². The van der Waals surface area contributed by atoms with Crippen LogP contribution in [0.15, 0.2) is 75.9 Å². The fraction of sp³-hybridized carbons (Fsp3) is 0.367. The summed E-state index contributed by atoms with van der Waals surface area (Å²) < 4.78 is 22.4. The van der Waals surface area contributed by atoms with E-state index in [1.54, 1.807) is 14.2 Å². The van der Waals surface area contributed by atoms with Gasteiger partial charge in [-0.3, -0.25) is 4.79 Å². The van der Waals surface area contributed by atoms with Crippen molar-refractivity contribution < 1.29 is 28.5 Å². The zero-order valence-electron chi connectivity index (χ0n) is 22.8. The Bertz CT molecular complexity index is 1350. The van der Waals surface area contributed by atoms with Crippen molar-refractivity contribution in [2.24, 2.45) is 4.99 Å². The molecule has 2 atom stereocenters. The minimum absolute atomic E-state index is 0.0547. The highest BCUT2D eigenvalue weighted by molar-refractivity contribution is 8.16. The largest absolute Gasteiger partial charge is 0.493 e. The SMILES string of the molecule is COc1ccc(C2C(C(=O)OCc3ccccc3)=C(C)N=C3SC=C(CC(=O)NCC4CCCO4)N32)cc1OC. The van der Waals surface area contributed by atoms with Crippen LogP contribution in [-0.4, -0.2) is 55.4 Å². The minimum Gasteiger partial charge on any atom is -0.493 e. The molecule has 0 aromatic heterocycles. The molecule has 10 heteroatoms. The third kappa shape index (κ3) is 6.03. The summed E-state index contributed by atoms with van der Waals surface area (Å²) in [4.78, 5) is 33.3. The van der Waals surface area contributed by atoms with Crippen molar-refractivity contribution in [2.45, 2.75) is 44.9 Å². The van der Waals surface area contributed by atoms with Gasteiger partial charge in [0.2, 0.25) is 5.91 Å². The number of ether oxygens (including phenoxy) is 4. The number of thioether (sulfide) groups is 1. The first-order chi connectivity index (χ1) is 19.5. The number of aliphatic imine (C=N–C) groups is 1. The molecule has 40 heavy (non-hydrogen) atoms. The zero-order chi connectivity index (χ0) is 28.1. The molecule has 0 aliphatic carbocycles. The maximum absolute atomic E-state index is 13.7. The molecule has 0 bridgehead atoms. The number of hydrogen-bond donors (Lipinski definition) is 1. The van der Waals surface area contributed by atoms with Gasteiger partial charge in [0.25, 0.3) is 0 Å². The van der Waals surface area contributed by atoms with E-state index in [0.29, 0.717) is 34.5 Å². The van der Waals surface area contributed by atoms with Gasteiger partial charge in [-0.1, -0.05) is 48.2 Å². The van der Waals surface area contributed by atoms with E-state index in [4.69, 9.17) is 23.9 Å². The number of nitrogens with one attached hydrogen (secondary N) is 1. The number of hydrogen-bond acceptors (Lipinski definition) is 9. The van der Waals surface area contributed by atoms with E-state index in [1.165, 1.54) is 11.8 Å². The summed E-state index contributed by atoms with van der Waals surface area (Å²) in [5, 5.41) is 5.61. The van der Waals surface area contributed by atoms with Gasteiger partial charge in [-0.05, 0) is 48.4 Å². The Labute approximate surface area is 238 Å². The Balaban J connectivity index is 1.44. The predicted molar refractivity (Wildman–Crippen MR) is 153 cm³/mol. The average molecular weight is 564 g/mol. The fourth-order valence-electron chi connectivity index (χ4n) is 5.03. The monoisotopic (exact) mass is 563 g/mol. The number of carbonyl (C=O) groups is 2. The maximum atomic E-state index is 13.7. The van der Waals surface area contributed by atoms with E-state index >= 15 is 0 Å². The lowest BCUT2D eigenvalue weighted by molar-refractivity contribution is -0.141. The van der Waals surface area contributed by atoms with Crippen LogP contribution in [-0.2, 0) is 25.7 Å². The average Bonchev–Trinajstić information content (AvgIpc) is 3.64. The topological polar surface area (TPSA) is 98.7 Å². The molecule has 5 rings (SSSR count). The van der Waals surface area contributed by atoms with Crippen LogP contribution in [0.5, 0.6) is 11.5 Å². The fourth-order valence-corrected chi connectivity index (χ4v) is 5.99. The van der Waals surface area contributed by atoms with Crippen LogP contribution in [0.2, 0.25) is 0 Å². The summed E-state index contributed by atoms with van der Waals surface area (Å²) in [5.41, 5.74) is 3.38. The van der Waals surface area contributed by atoms with Gasteiger partial charge in [-0.15, -0.1) is 0 Å².